The Kier molecular flexibility index (Phi) is 3.63. The normalized spacial score (nSPS) is 14.7. The lowest BCUT2D eigenvalue weighted by molar-refractivity contribution is 0.0878. The average molecular weight is 215 g/mol. The minimum absolute atomic E-state index is 0.0928. The van der Waals surface area contributed by atoms with Crippen molar-refractivity contribution < 1.29 is 13.5 Å². The average Bonchev–Trinajstić information content (AvgIpc) is 2.23. The van der Waals surface area contributed by atoms with Crippen LogP contribution in [0, 0.1) is 11.6 Å². The molecular formula is C11H15F2NO. The van der Waals surface area contributed by atoms with Gasteiger partial charge >= 0.3 is 0 Å². The molecule has 0 saturated carbocycles. The molecule has 1 aromatic rings. The highest BCUT2D eigenvalue weighted by Crippen LogP contribution is 2.24. The highest BCUT2D eigenvalue weighted by molar-refractivity contribution is 5.25. The second-order valence-corrected chi connectivity index (χ2v) is 3.68. The number of hydrogen-bond donors (Lipinski definition) is 1. The van der Waals surface area contributed by atoms with E-state index in [1.54, 1.807) is 6.92 Å². The van der Waals surface area contributed by atoms with Crippen molar-refractivity contribution in [3.63, 3.8) is 0 Å². The first-order valence-corrected chi connectivity index (χ1v) is 4.85. The zero-order valence-corrected chi connectivity index (χ0v) is 8.89. The number of rotatable bonds is 4. The first-order valence-electron chi connectivity index (χ1n) is 4.85. The summed E-state index contributed by atoms with van der Waals surface area (Å²) < 4.78 is 31.5. The highest BCUT2D eigenvalue weighted by atomic mass is 19.1. The van der Waals surface area contributed by atoms with Crippen LogP contribution in [-0.4, -0.2) is 12.1 Å². The topological polar surface area (TPSA) is 35.2 Å². The van der Waals surface area contributed by atoms with Gasteiger partial charge in [0.25, 0.3) is 0 Å². The number of benzene rings is 1. The molecule has 1 aromatic carbocycles. The fraction of sp³-hybridized carbons (Fsp3) is 0.455. The molecule has 0 aliphatic heterocycles. The van der Waals surface area contributed by atoms with Crippen molar-refractivity contribution in [3.05, 3.63) is 29.8 Å². The zero-order chi connectivity index (χ0) is 11.5. The lowest BCUT2D eigenvalue weighted by Crippen LogP contribution is -2.40. The van der Waals surface area contributed by atoms with Crippen molar-refractivity contribution in [3.8, 4) is 5.75 Å². The van der Waals surface area contributed by atoms with Crippen molar-refractivity contribution >= 4 is 0 Å². The number of nitrogens with two attached hydrogens (primary N) is 1. The monoisotopic (exact) mass is 215 g/mol. The molecule has 0 heterocycles. The predicted molar refractivity (Wildman–Crippen MR) is 54.7 cm³/mol. The fourth-order valence-corrected chi connectivity index (χ4v) is 1.08. The van der Waals surface area contributed by atoms with Crippen molar-refractivity contribution in [2.45, 2.75) is 25.9 Å². The standard InChI is InChI=1S/C11H15F2NO/c1-3-11(2,7-14)15-10-6-8(12)4-5-9(10)13/h4-6H,3,7,14H2,1-2H3. The van der Waals surface area contributed by atoms with Gasteiger partial charge in [-0.05, 0) is 25.5 Å². The second-order valence-electron chi connectivity index (χ2n) is 3.68. The maximum atomic E-state index is 13.2. The molecule has 1 rings (SSSR count). The van der Waals surface area contributed by atoms with Gasteiger partial charge in [-0.15, -0.1) is 0 Å². The molecule has 0 aliphatic rings. The number of halogens is 2. The van der Waals surface area contributed by atoms with E-state index in [2.05, 4.69) is 0 Å². The molecule has 2 nitrogen and oxygen atoms in total. The molecular weight excluding hydrogens is 200 g/mol. The Balaban J connectivity index is 2.92. The van der Waals surface area contributed by atoms with E-state index in [1.807, 2.05) is 6.92 Å². The van der Waals surface area contributed by atoms with Gasteiger partial charge in [-0.1, -0.05) is 6.92 Å². The van der Waals surface area contributed by atoms with Crippen LogP contribution in [0.1, 0.15) is 20.3 Å². The van der Waals surface area contributed by atoms with Crippen molar-refractivity contribution in [2.24, 2.45) is 5.73 Å². The highest BCUT2D eigenvalue weighted by Gasteiger charge is 2.23. The van der Waals surface area contributed by atoms with Gasteiger partial charge < -0.3 is 10.5 Å². The predicted octanol–water partition coefficient (Wildman–Crippen LogP) is 2.47. The van der Waals surface area contributed by atoms with Gasteiger partial charge in [0.05, 0.1) is 0 Å². The molecule has 1 atom stereocenters. The molecule has 0 spiro atoms. The van der Waals surface area contributed by atoms with Gasteiger partial charge in [-0.2, -0.15) is 0 Å². The van der Waals surface area contributed by atoms with Crippen LogP contribution in [0.25, 0.3) is 0 Å². The first kappa shape index (κ1) is 11.9. The molecule has 0 saturated heterocycles. The van der Waals surface area contributed by atoms with Gasteiger partial charge in [-0.25, -0.2) is 8.78 Å². The van der Waals surface area contributed by atoms with E-state index in [9.17, 15) is 8.78 Å². The third-order valence-corrected chi connectivity index (χ3v) is 2.43. The molecule has 0 aromatic heterocycles. The Morgan fingerprint density at radius 3 is 2.60 bits per heavy atom. The molecule has 84 valence electrons. The van der Waals surface area contributed by atoms with E-state index in [0.29, 0.717) is 6.42 Å². The van der Waals surface area contributed by atoms with Gasteiger partial charge in [-0.3, -0.25) is 0 Å². The Morgan fingerprint density at radius 2 is 2.07 bits per heavy atom. The van der Waals surface area contributed by atoms with Gasteiger partial charge in [0, 0.05) is 12.6 Å². The molecule has 1 unspecified atom stereocenters. The summed E-state index contributed by atoms with van der Waals surface area (Å²) in [4.78, 5) is 0. The van der Waals surface area contributed by atoms with E-state index in [4.69, 9.17) is 10.5 Å². The maximum Gasteiger partial charge on any atom is 0.165 e. The Hall–Kier alpha value is -1.16. The molecule has 2 N–H and O–H groups in total. The number of hydrogen-bond acceptors (Lipinski definition) is 2. The Bertz CT molecular complexity index is 337. The lowest BCUT2D eigenvalue weighted by Gasteiger charge is -2.28. The van der Waals surface area contributed by atoms with Crippen LogP contribution in [0.15, 0.2) is 18.2 Å². The third kappa shape index (κ3) is 2.89. The zero-order valence-electron chi connectivity index (χ0n) is 8.89. The molecule has 4 heteroatoms. The summed E-state index contributed by atoms with van der Waals surface area (Å²) in [6.45, 7) is 3.89. The van der Waals surface area contributed by atoms with E-state index < -0.39 is 17.2 Å². The Morgan fingerprint density at radius 1 is 1.40 bits per heavy atom. The fourth-order valence-electron chi connectivity index (χ4n) is 1.08. The Labute approximate surface area is 88.0 Å². The first-order chi connectivity index (χ1) is 7.00. The number of ether oxygens (including phenoxy) is 1. The van der Waals surface area contributed by atoms with E-state index in [-0.39, 0.29) is 12.3 Å². The van der Waals surface area contributed by atoms with Crippen LogP contribution in [0.3, 0.4) is 0 Å². The third-order valence-electron chi connectivity index (χ3n) is 2.43. The molecule has 0 radical (unpaired) electrons. The van der Waals surface area contributed by atoms with Crippen LogP contribution in [0.5, 0.6) is 5.75 Å². The molecule has 0 amide bonds. The minimum atomic E-state index is -0.658. The molecule has 15 heavy (non-hydrogen) atoms. The van der Waals surface area contributed by atoms with Crippen molar-refractivity contribution in [2.75, 3.05) is 6.54 Å². The SMILES string of the molecule is CCC(C)(CN)Oc1cc(F)ccc1F. The summed E-state index contributed by atoms with van der Waals surface area (Å²) in [5, 5.41) is 0. The molecule has 0 fully saturated rings. The van der Waals surface area contributed by atoms with E-state index >= 15 is 0 Å². The van der Waals surface area contributed by atoms with Gasteiger partial charge in [0.2, 0.25) is 0 Å². The summed E-state index contributed by atoms with van der Waals surface area (Å²) in [6, 6.07) is 3.12. The largest absolute Gasteiger partial charge is 0.483 e. The molecule has 0 bridgehead atoms. The second kappa shape index (κ2) is 4.57. The minimum Gasteiger partial charge on any atom is -0.483 e. The smallest absolute Gasteiger partial charge is 0.165 e. The summed E-state index contributed by atoms with van der Waals surface area (Å²) in [5.41, 5.74) is 4.85. The quantitative estimate of drug-likeness (QED) is 0.837. The van der Waals surface area contributed by atoms with Gasteiger partial charge in [0.15, 0.2) is 11.6 Å². The van der Waals surface area contributed by atoms with Gasteiger partial charge in [0.1, 0.15) is 11.4 Å². The van der Waals surface area contributed by atoms with Crippen LogP contribution in [0.4, 0.5) is 8.78 Å². The van der Waals surface area contributed by atoms with E-state index in [0.717, 1.165) is 18.2 Å². The summed E-state index contributed by atoms with van der Waals surface area (Å²) in [6.07, 6.45) is 0.624. The summed E-state index contributed by atoms with van der Waals surface area (Å²) >= 11 is 0. The van der Waals surface area contributed by atoms with Crippen molar-refractivity contribution in [1.82, 2.24) is 0 Å². The van der Waals surface area contributed by atoms with Crippen LogP contribution < -0.4 is 10.5 Å². The van der Waals surface area contributed by atoms with Crippen molar-refractivity contribution in [1.29, 1.82) is 0 Å². The maximum absolute atomic E-state index is 13.2. The summed E-state index contributed by atoms with van der Waals surface area (Å²) in [7, 11) is 0. The molecule has 0 aliphatic carbocycles. The van der Waals surface area contributed by atoms with Crippen LogP contribution in [0.2, 0.25) is 0 Å². The lowest BCUT2D eigenvalue weighted by atomic mass is 10.0. The van der Waals surface area contributed by atoms with Crippen LogP contribution >= 0.6 is 0 Å². The summed E-state index contributed by atoms with van der Waals surface area (Å²) in [5.74, 6) is -1.20. The van der Waals surface area contributed by atoms with E-state index in [1.165, 1.54) is 0 Å². The van der Waals surface area contributed by atoms with Crippen LogP contribution in [-0.2, 0) is 0 Å².